The number of benzene rings is 1. The summed E-state index contributed by atoms with van der Waals surface area (Å²) in [5, 5.41) is 8.35. The van der Waals surface area contributed by atoms with Gasteiger partial charge in [0.25, 0.3) is 0 Å². The highest BCUT2D eigenvalue weighted by atomic mass is 16.5. The fraction of sp³-hybridized carbons (Fsp3) is 0.143. The van der Waals surface area contributed by atoms with Gasteiger partial charge in [0.15, 0.2) is 11.5 Å². The molecule has 0 fully saturated rings. The minimum Gasteiger partial charge on any atom is -0.496 e. The molecule has 3 rings (SSSR count). The summed E-state index contributed by atoms with van der Waals surface area (Å²) in [5.74, 6) is 1.96. The minimum absolute atomic E-state index is 0.626. The minimum atomic E-state index is 0.626. The van der Waals surface area contributed by atoms with Gasteiger partial charge < -0.3 is 15.2 Å². The number of hydrogen-bond donors (Lipinski definition) is 1. The van der Waals surface area contributed by atoms with E-state index in [0.717, 1.165) is 5.56 Å². The van der Waals surface area contributed by atoms with Gasteiger partial charge in [0, 0.05) is 11.9 Å². The Balaban J connectivity index is 2.33. The summed E-state index contributed by atoms with van der Waals surface area (Å²) in [5.41, 5.74) is 7.92. The fourth-order valence-corrected chi connectivity index (χ4v) is 2.15. The number of methoxy groups -OCH3 is 2. The van der Waals surface area contributed by atoms with Crippen LogP contribution in [0.4, 0.5) is 5.69 Å². The third-order valence-corrected chi connectivity index (χ3v) is 3.08. The second-order valence-electron chi connectivity index (χ2n) is 4.25. The van der Waals surface area contributed by atoms with Crippen molar-refractivity contribution in [1.29, 1.82) is 0 Å². The van der Waals surface area contributed by atoms with Gasteiger partial charge in [-0.25, -0.2) is 0 Å². The molecular weight excluding hydrogens is 256 g/mol. The molecule has 0 spiro atoms. The van der Waals surface area contributed by atoms with Crippen molar-refractivity contribution in [1.82, 2.24) is 14.6 Å². The van der Waals surface area contributed by atoms with Crippen molar-refractivity contribution in [3.63, 3.8) is 0 Å². The Morgan fingerprint density at radius 3 is 2.35 bits per heavy atom. The number of ether oxygens (including phenoxy) is 2. The van der Waals surface area contributed by atoms with Gasteiger partial charge in [0.2, 0.25) is 0 Å². The number of hydrogen-bond acceptors (Lipinski definition) is 5. The van der Waals surface area contributed by atoms with E-state index in [9.17, 15) is 0 Å². The second kappa shape index (κ2) is 4.73. The largest absolute Gasteiger partial charge is 0.496 e. The topological polar surface area (TPSA) is 74.7 Å². The molecule has 0 atom stereocenters. The number of rotatable bonds is 3. The van der Waals surface area contributed by atoms with Crippen LogP contribution in [0.25, 0.3) is 17.0 Å². The lowest BCUT2D eigenvalue weighted by atomic mass is 10.1. The molecule has 0 radical (unpaired) electrons. The maximum absolute atomic E-state index is 5.83. The number of nitrogen functional groups attached to an aromatic ring is 1. The van der Waals surface area contributed by atoms with Gasteiger partial charge >= 0.3 is 0 Å². The number of pyridine rings is 1. The van der Waals surface area contributed by atoms with E-state index in [4.69, 9.17) is 15.2 Å². The van der Waals surface area contributed by atoms with Crippen molar-refractivity contribution < 1.29 is 9.47 Å². The van der Waals surface area contributed by atoms with Crippen LogP contribution in [-0.2, 0) is 0 Å². The van der Waals surface area contributed by atoms with E-state index in [1.807, 2.05) is 28.7 Å². The van der Waals surface area contributed by atoms with Crippen LogP contribution in [-0.4, -0.2) is 28.8 Å². The van der Waals surface area contributed by atoms with Crippen molar-refractivity contribution in [2.45, 2.75) is 0 Å². The predicted molar refractivity (Wildman–Crippen MR) is 75.9 cm³/mol. The quantitative estimate of drug-likeness (QED) is 0.787. The van der Waals surface area contributed by atoms with Crippen LogP contribution in [0.3, 0.4) is 0 Å². The van der Waals surface area contributed by atoms with Crippen LogP contribution in [0, 0.1) is 0 Å². The molecule has 2 N–H and O–H groups in total. The van der Waals surface area contributed by atoms with Gasteiger partial charge in [-0.1, -0.05) is 6.07 Å². The molecule has 2 aromatic heterocycles. The van der Waals surface area contributed by atoms with Crippen LogP contribution in [0.5, 0.6) is 11.5 Å². The summed E-state index contributed by atoms with van der Waals surface area (Å²) in [6, 6.07) is 9.16. The molecule has 0 aliphatic rings. The molecule has 0 saturated heterocycles. The Bertz CT molecular complexity index is 745. The van der Waals surface area contributed by atoms with Gasteiger partial charge in [-0.05, 0) is 24.3 Å². The summed E-state index contributed by atoms with van der Waals surface area (Å²) in [7, 11) is 3.21. The van der Waals surface area contributed by atoms with Crippen LogP contribution in [0.15, 0.2) is 36.5 Å². The van der Waals surface area contributed by atoms with E-state index in [0.29, 0.717) is 28.7 Å². The lowest BCUT2D eigenvalue weighted by Gasteiger charge is -2.11. The number of nitrogens with two attached hydrogens (primary N) is 1. The zero-order valence-corrected chi connectivity index (χ0v) is 11.2. The van der Waals surface area contributed by atoms with Crippen molar-refractivity contribution in [2.24, 2.45) is 0 Å². The van der Waals surface area contributed by atoms with Crippen molar-refractivity contribution in [2.75, 3.05) is 20.0 Å². The molecule has 20 heavy (non-hydrogen) atoms. The molecule has 1 aromatic carbocycles. The SMILES string of the molecule is COc1cccc(OC)c1-c1nnc2ccc(N)cn12. The van der Waals surface area contributed by atoms with Gasteiger partial charge in [-0.15, -0.1) is 10.2 Å². The summed E-state index contributed by atoms with van der Waals surface area (Å²) in [6.45, 7) is 0. The standard InChI is InChI=1S/C14H14N4O2/c1-19-10-4-3-5-11(20-2)13(10)14-17-16-12-7-6-9(15)8-18(12)14/h3-8H,15H2,1-2H3. The molecule has 0 aliphatic carbocycles. The van der Waals surface area contributed by atoms with Crippen LogP contribution in [0.2, 0.25) is 0 Å². The first-order valence-corrected chi connectivity index (χ1v) is 6.06. The van der Waals surface area contributed by atoms with E-state index in [1.54, 1.807) is 26.5 Å². The lowest BCUT2D eigenvalue weighted by molar-refractivity contribution is 0.396. The van der Waals surface area contributed by atoms with Gasteiger partial charge in [0.05, 0.1) is 14.2 Å². The van der Waals surface area contributed by atoms with Crippen molar-refractivity contribution in [3.8, 4) is 22.9 Å². The Kier molecular flexibility index (Phi) is 2.90. The molecule has 3 aromatic rings. The molecular formula is C14H14N4O2. The monoisotopic (exact) mass is 270 g/mol. The molecule has 6 heteroatoms. The lowest BCUT2D eigenvalue weighted by Crippen LogP contribution is -1.97. The van der Waals surface area contributed by atoms with Gasteiger partial charge in [-0.2, -0.15) is 0 Å². The van der Waals surface area contributed by atoms with E-state index < -0.39 is 0 Å². The summed E-state index contributed by atoms with van der Waals surface area (Å²) < 4.78 is 12.6. The predicted octanol–water partition coefficient (Wildman–Crippen LogP) is 2.00. The molecule has 6 nitrogen and oxygen atoms in total. The smallest absolute Gasteiger partial charge is 0.175 e. The Morgan fingerprint density at radius 2 is 1.70 bits per heavy atom. The third kappa shape index (κ3) is 1.82. The first-order chi connectivity index (χ1) is 9.74. The van der Waals surface area contributed by atoms with Crippen LogP contribution < -0.4 is 15.2 Å². The number of nitrogens with zero attached hydrogens (tertiary/aromatic N) is 3. The Hall–Kier alpha value is -2.76. The highest BCUT2D eigenvalue weighted by Crippen LogP contribution is 2.37. The molecule has 102 valence electrons. The molecule has 0 bridgehead atoms. The summed E-state index contributed by atoms with van der Waals surface area (Å²) in [6.07, 6.45) is 1.77. The average Bonchev–Trinajstić information content (AvgIpc) is 2.88. The summed E-state index contributed by atoms with van der Waals surface area (Å²) >= 11 is 0. The average molecular weight is 270 g/mol. The van der Waals surface area contributed by atoms with Crippen molar-refractivity contribution in [3.05, 3.63) is 36.5 Å². The second-order valence-corrected chi connectivity index (χ2v) is 4.25. The van der Waals surface area contributed by atoms with E-state index in [2.05, 4.69) is 10.2 Å². The fourth-order valence-electron chi connectivity index (χ4n) is 2.15. The van der Waals surface area contributed by atoms with Gasteiger partial charge in [0.1, 0.15) is 17.1 Å². The number of aromatic nitrogens is 3. The number of anilines is 1. The number of fused-ring (bicyclic) bond motifs is 1. The zero-order valence-electron chi connectivity index (χ0n) is 11.2. The van der Waals surface area contributed by atoms with E-state index >= 15 is 0 Å². The Morgan fingerprint density at radius 1 is 1.00 bits per heavy atom. The Labute approximate surface area is 115 Å². The highest BCUT2D eigenvalue weighted by Gasteiger charge is 2.18. The van der Waals surface area contributed by atoms with Crippen LogP contribution in [0.1, 0.15) is 0 Å². The summed E-state index contributed by atoms with van der Waals surface area (Å²) in [4.78, 5) is 0. The molecule has 0 unspecified atom stereocenters. The molecule has 2 heterocycles. The van der Waals surface area contributed by atoms with E-state index in [1.165, 1.54) is 0 Å². The molecule has 0 aliphatic heterocycles. The molecule has 0 saturated carbocycles. The normalized spacial score (nSPS) is 10.7. The highest BCUT2D eigenvalue weighted by molar-refractivity contribution is 5.74. The third-order valence-electron chi connectivity index (χ3n) is 3.08. The first kappa shape index (κ1) is 12.3. The maximum Gasteiger partial charge on any atom is 0.175 e. The van der Waals surface area contributed by atoms with Crippen LogP contribution >= 0.6 is 0 Å². The first-order valence-electron chi connectivity index (χ1n) is 6.06. The molecule has 0 amide bonds. The zero-order chi connectivity index (χ0) is 14.1. The van der Waals surface area contributed by atoms with Gasteiger partial charge in [-0.3, -0.25) is 4.40 Å². The maximum atomic E-state index is 5.83. The van der Waals surface area contributed by atoms with Crippen molar-refractivity contribution >= 4 is 11.3 Å². The van der Waals surface area contributed by atoms with E-state index in [-0.39, 0.29) is 0 Å².